The standard InChI is InChI=1S/C28H33N5/c1-21-3-5-23(6-4-21)28(12-2-13-28)24-7-9-25(10-8-24)33-16-11-26-22(20-33)19-30-27(31-26)32-17-14-29-15-18-32/h3-10,19,29H,2,11-18,20H2,1H3. The normalized spacial score (nSPS) is 19.7. The van der Waals surface area contributed by atoms with Crippen molar-refractivity contribution in [2.24, 2.45) is 0 Å². The van der Waals surface area contributed by atoms with Gasteiger partial charge in [0.25, 0.3) is 0 Å². The zero-order valence-corrected chi connectivity index (χ0v) is 19.6. The molecule has 5 nitrogen and oxygen atoms in total. The number of nitrogens with one attached hydrogen (secondary N) is 1. The van der Waals surface area contributed by atoms with Crippen molar-refractivity contribution in [1.29, 1.82) is 0 Å². The molecule has 0 unspecified atom stereocenters. The summed E-state index contributed by atoms with van der Waals surface area (Å²) in [4.78, 5) is 14.4. The van der Waals surface area contributed by atoms with Gasteiger partial charge >= 0.3 is 0 Å². The van der Waals surface area contributed by atoms with Gasteiger partial charge in [0.05, 0.1) is 5.69 Å². The highest BCUT2D eigenvalue weighted by Crippen LogP contribution is 2.49. The van der Waals surface area contributed by atoms with Crippen LogP contribution >= 0.6 is 0 Å². The molecule has 0 radical (unpaired) electrons. The van der Waals surface area contributed by atoms with Crippen LogP contribution in [0.4, 0.5) is 11.6 Å². The molecule has 0 amide bonds. The minimum absolute atomic E-state index is 0.203. The molecule has 170 valence electrons. The predicted octanol–water partition coefficient (Wildman–Crippen LogP) is 4.23. The fourth-order valence-electron chi connectivity index (χ4n) is 5.68. The number of nitrogens with zero attached hydrogens (tertiary/aromatic N) is 4. The Labute approximate surface area is 196 Å². The van der Waals surface area contributed by atoms with Crippen LogP contribution in [0.5, 0.6) is 0 Å². The molecule has 1 N–H and O–H groups in total. The molecular formula is C28H33N5. The number of hydrogen-bond acceptors (Lipinski definition) is 5. The Kier molecular flexibility index (Phi) is 5.30. The maximum absolute atomic E-state index is 4.93. The van der Waals surface area contributed by atoms with E-state index >= 15 is 0 Å². The third kappa shape index (κ3) is 3.78. The van der Waals surface area contributed by atoms with Crippen LogP contribution < -0.4 is 15.1 Å². The van der Waals surface area contributed by atoms with Gasteiger partial charge in [-0.2, -0.15) is 0 Å². The van der Waals surface area contributed by atoms with Gasteiger partial charge in [-0.1, -0.05) is 48.4 Å². The first-order valence-electron chi connectivity index (χ1n) is 12.4. The number of aryl methyl sites for hydroxylation is 1. The van der Waals surface area contributed by atoms with Crippen LogP contribution in [0.2, 0.25) is 0 Å². The van der Waals surface area contributed by atoms with Gasteiger partial charge in [0.15, 0.2) is 0 Å². The molecule has 3 aliphatic rings. The third-order valence-electron chi connectivity index (χ3n) is 7.92. The average molecular weight is 440 g/mol. The lowest BCUT2D eigenvalue weighted by Crippen LogP contribution is -2.44. The Balaban J connectivity index is 1.19. The molecule has 2 fully saturated rings. The molecular weight excluding hydrogens is 406 g/mol. The fraction of sp³-hybridized carbons (Fsp3) is 0.429. The molecule has 6 rings (SSSR count). The van der Waals surface area contributed by atoms with Crippen molar-refractivity contribution in [1.82, 2.24) is 15.3 Å². The van der Waals surface area contributed by atoms with Crippen LogP contribution in [0.1, 0.15) is 47.2 Å². The van der Waals surface area contributed by atoms with E-state index < -0.39 is 0 Å². The lowest BCUT2D eigenvalue weighted by molar-refractivity contribution is 0.301. The lowest BCUT2D eigenvalue weighted by atomic mass is 9.60. The smallest absolute Gasteiger partial charge is 0.225 e. The van der Waals surface area contributed by atoms with Crippen LogP contribution in [0, 0.1) is 6.92 Å². The van der Waals surface area contributed by atoms with Crippen LogP contribution in [0.25, 0.3) is 0 Å². The quantitative estimate of drug-likeness (QED) is 0.659. The molecule has 1 saturated heterocycles. The highest BCUT2D eigenvalue weighted by Gasteiger charge is 2.40. The van der Waals surface area contributed by atoms with Crippen molar-refractivity contribution in [3.8, 4) is 0 Å². The van der Waals surface area contributed by atoms with Crippen molar-refractivity contribution in [2.75, 3.05) is 42.5 Å². The summed E-state index contributed by atoms with van der Waals surface area (Å²) in [7, 11) is 0. The molecule has 1 saturated carbocycles. The van der Waals surface area contributed by atoms with Crippen molar-refractivity contribution in [3.63, 3.8) is 0 Å². The van der Waals surface area contributed by atoms with E-state index in [9.17, 15) is 0 Å². The summed E-state index contributed by atoms with van der Waals surface area (Å²) >= 11 is 0. The van der Waals surface area contributed by atoms with Gasteiger partial charge in [-0.05, 0) is 43.0 Å². The summed E-state index contributed by atoms with van der Waals surface area (Å²) in [5, 5.41) is 3.40. The SMILES string of the molecule is Cc1ccc(C2(c3ccc(N4CCc5nc(N6CCNCC6)ncc5C4)cc3)CCC2)cc1. The van der Waals surface area contributed by atoms with E-state index in [2.05, 4.69) is 76.8 Å². The van der Waals surface area contributed by atoms with Gasteiger partial charge in [0.1, 0.15) is 0 Å². The summed E-state index contributed by atoms with van der Waals surface area (Å²) in [6.45, 7) is 8.06. The van der Waals surface area contributed by atoms with E-state index in [0.717, 1.165) is 51.6 Å². The molecule has 5 heteroatoms. The minimum atomic E-state index is 0.203. The Morgan fingerprint density at radius 3 is 2.21 bits per heavy atom. The van der Waals surface area contributed by atoms with E-state index in [4.69, 9.17) is 9.97 Å². The molecule has 1 aliphatic carbocycles. The monoisotopic (exact) mass is 439 g/mol. The van der Waals surface area contributed by atoms with Crippen molar-refractivity contribution < 1.29 is 0 Å². The summed E-state index contributed by atoms with van der Waals surface area (Å²) in [5.74, 6) is 0.898. The zero-order chi connectivity index (χ0) is 22.3. The van der Waals surface area contributed by atoms with E-state index in [1.54, 1.807) is 0 Å². The van der Waals surface area contributed by atoms with Crippen LogP contribution in [-0.2, 0) is 18.4 Å². The molecule has 1 aromatic heterocycles. The van der Waals surface area contributed by atoms with E-state index in [1.165, 1.54) is 52.9 Å². The second-order valence-corrected chi connectivity index (χ2v) is 9.90. The first kappa shape index (κ1) is 20.7. The zero-order valence-electron chi connectivity index (χ0n) is 19.6. The molecule has 2 aliphatic heterocycles. The molecule has 0 bridgehead atoms. The highest BCUT2D eigenvalue weighted by molar-refractivity contribution is 5.53. The van der Waals surface area contributed by atoms with Crippen LogP contribution in [-0.4, -0.2) is 42.7 Å². The molecule has 3 heterocycles. The van der Waals surface area contributed by atoms with Gasteiger partial charge in [0, 0.05) is 68.6 Å². The number of piperazine rings is 1. The Hall–Kier alpha value is -2.92. The maximum Gasteiger partial charge on any atom is 0.225 e. The second kappa shape index (κ2) is 8.45. The Bertz CT molecular complexity index is 1110. The summed E-state index contributed by atoms with van der Waals surface area (Å²) in [5.41, 5.74) is 8.25. The second-order valence-electron chi connectivity index (χ2n) is 9.90. The minimum Gasteiger partial charge on any atom is -0.367 e. The third-order valence-corrected chi connectivity index (χ3v) is 7.92. The number of fused-ring (bicyclic) bond motifs is 1. The Morgan fingerprint density at radius 1 is 0.848 bits per heavy atom. The molecule has 3 aromatic rings. The number of rotatable bonds is 4. The van der Waals surface area contributed by atoms with Crippen LogP contribution in [0.15, 0.2) is 54.7 Å². The first-order chi connectivity index (χ1) is 16.2. The predicted molar refractivity (Wildman–Crippen MR) is 134 cm³/mol. The summed E-state index contributed by atoms with van der Waals surface area (Å²) in [6.07, 6.45) is 6.85. The van der Waals surface area contributed by atoms with Crippen molar-refractivity contribution in [3.05, 3.63) is 82.7 Å². The highest BCUT2D eigenvalue weighted by atomic mass is 15.3. The van der Waals surface area contributed by atoms with Crippen LogP contribution in [0.3, 0.4) is 0 Å². The summed E-state index contributed by atoms with van der Waals surface area (Å²) in [6, 6.07) is 18.6. The molecule has 0 atom stereocenters. The van der Waals surface area contributed by atoms with Gasteiger partial charge in [-0.25, -0.2) is 9.97 Å². The number of aromatic nitrogens is 2. The van der Waals surface area contributed by atoms with Gasteiger partial charge < -0.3 is 15.1 Å². The Morgan fingerprint density at radius 2 is 1.55 bits per heavy atom. The average Bonchev–Trinajstić information content (AvgIpc) is 2.85. The molecule has 33 heavy (non-hydrogen) atoms. The van der Waals surface area contributed by atoms with Gasteiger partial charge in [-0.15, -0.1) is 0 Å². The number of anilines is 2. The fourth-order valence-corrected chi connectivity index (χ4v) is 5.68. The van der Waals surface area contributed by atoms with E-state index in [0.29, 0.717) is 0 Å². The van der Waals surface area contributed by atoms with Crippen molar-refractivity contribution >= 4 is 11.6 Å². The van der Waals surface area contributed by atoms with Gasteiger partial charge in [0.2, 0.25) is 5.95 Å². The molecule has 2 aromatic carbocycles. The van der Waals surface area contributed by atoms with E-state index in [1.807, 2.05) is 0 Å². The maximum atomic E-state index is 4.93. The number of hydrogen-bond donors (Lipinski definition) is 1. The van der Waals surface area contributed by atoms with Crippen molar-refractivity contribution in [2.45, 2.75) is 44.6 Å². The number of benzene rings is 2. The topological polar surface area (TPSA) is 44.3 Å². The van der Waals surface area contributed by atoms with Gasteiger partial charge in [-0.3, -0.25) is 0 Å². The first-order valence-corrected chi connectivity index (χ1v) is 12.4. The molecule has 0 spiro atoms. The van der Waals surface area contributed by atoms with E-state index in [-0.39, 0.29) is 5.41 Å². The summed E-state index contributed by atoms with van der Waals surface area (Å²) < 4.78 is 0. The largest absolute Gasteiger partial charge is 0.367 e. The lowest BCUT2D eigenvalue weighted by Gasteiger charge is -2.43.